The fourth-order valence-corrected chi connectivity index (χ4v) is 3.73. The van der Waals surface area contributed by atoms with Crippen molar-refractivity contribution in [2.45, 2.75) is 38.8 Å². The minimum Gasteiger partial charge on any atom is -0.490 e. The van der Waals surface area contributed by atoms with Gasteiger partial charge < -0.3 is 19.1 Å². The smallest absolute Gasteiger partial charge is 0.161 e. The normalized spacial score (nSPS) is 22.4. The fraction of sp³-hybridized carbons (Fsp3) is 0.455. The van der Waals surface area contributed by atoms with Crippen molar-refractivity contribution >= 4 is 5.69 Å². The Labute approximate surface area is 156 Å². The molecule has 2 aromatic carbocycles. The van der Waals surface area contributed by atoms with Gasteiger partial charge in [-0.05, 0) is 51.5 Å². The Morgan fingerprint density at radius 2 is 1.58 bits per heavy atom. The molecular formula is C22H29NO3. The maximum atomic E-state index is 6.27. The Kier molecular flexibility index (Phi) is 6.04. The van der Waals surface area contributed by atoms with Crippen LogP contribution < -0.4 is 14.4 Å². The first-order chi connectivity index (χ1) is 12.7. The highest BCUT2D eigenvalue weighted by atomic mass is 16.6. The van der Waals surface area contributed by atoms with Crippen molar-refractivity contribution in [1.29, 1.82) is 0 Å². The molecule has 3 rings (SSSR count). The van der Waals surface area contributed by atoms with Crippen LogP contribution >= 0.6 is 0 Å². The van der Waals surface area contributed by atoms with Crippen molar-refractivity contribution in [3.8, 4) is 11.5 Å². The van der Waals surface area contributed by atoms with Gasteiger partial charge >= 0.3 is 0 Å². The van der Waals surface area contributed by atoms with E-state index in [1.807, 2.05) is 44.2 Å². The van der Waals surface area contributed by atoms with Gasteiger partial charge in [0.05, 0.1) is 12.6 Å². The molecule has 0 aromatic heterocycles. The zero-order valence-corrected chi connectivity index (χ0v) is 16.0. The van der Waals surface area contributed by atoms with Crippen molar-refractivity contribution in [2.75, 3.05) is 31.3 Å². The maximum Gasteiger partial charge on any atom is 0.161 e. The van der Waals surface area contributed by atoms with Gasteiger partial charge in [0.25, 0.3) is 0 Å². The van der Waals surface area contributed by atoms with Gasteiger partial charge in [-0.25, -0.2) is 0 Å². The largest absolute Gasteiger partial charge is 0.490 e. The summed E-state index contributed by atoms with van der Waals surface area (Å²) < 4.78 is 18.2. The third-order valence-corrected chi connectivity index (χ3v) is 5.15. The molecule has 0 saturated carbocycles. The molecule has 140 valence electrons. The lowest BCUT2D eigenvalue weighted by atomic mass is 9.96. The van der Waals surface area contributed by atoms with E-state index in [9.17, 15) is 0 Å². The summed E-state index contributed by atoms with van der Waals surface area (Å²) in [5, 5.41) is 0. The van der Waals surface area contributed by atoms with Gasteiger partial charge in [0.1, 0.15) is 12.2 Å². The van der Waals surface area contributed by atoms with Crippen LogP contribution in [0.4, 0.5) is 5.69 Å². The van der Waals surface area contributed by atoms with Gasteiger partial charge in [-0.15, -0.1) is 0 Å². The van der Waals surface area contributed by atoms with Crippen LogP contribution in [0.5, 0.6) is 11.5 Å². The van der Waals surface area contributed by atoms with E-state index < -0.39 is 0 Å². The van der Waals surface area contributed by atoms with Crippen molar-refractivity contribution in [2.24, 2.45) is 0 Å². The van der Waals surface area contributed by atoms with E-state index in [1.54, 1.807) is 0 Å². The van der Waals surface area contributed by atoms with Crippen molar-refractivity contribution in [3.63, 3.8) is 0 Å². The predicted octanol–water partition coefficient (Wildman–Crippen LogP) is 4.54. The van der Waals surface area contributed by atoms with Crippen molar-refractivity contribution < 1.29 is 14.2 Å². The number of nitrogens with zero attached hydrogens (tertiary/aromatic N) is 1. The lowest BCUT2D eigenvalue weighted by molar-refractivity contribution is -0.0700. The number of rotatable bonds is 8. The quantitative estimate of drug-likeness (QED) is 0.696. The molecule has 26 heavy (non-hydrogen) atoms. The van der Waals surface area contributed by atoms with E-state index in [0.29, 0.717) is 19.8 Å². The van der Waals surface area contributed by atoms with Crippen LogP contribution in [0.1, 0.15) is 27.2 Å². The maximum absolute atomic E-state index is 6.27. The molecule has 2 aromatic rings. The van der Waals surface area contributed by atoms with E-state index in [0.717, 1.165) is 24.5 Å². The molecule has 4 nitrogen and oxygen atoms in total. The Morgan fingerprint density at radius 3 is 2.23 bits per heavy atom. The summed E-state index contributed by atoms with van der Waals surface area (Å²) in [5.41, 5.74) is 0.903. The first kappa shape index (κ1) is 18.6. The highest BCUT2D eigenvalue weighted by molar-refractivity contribution is 5.49. The van der Waals surface area contributed by atoms with Crippen LogP contribution in [-0.4, -0.2) is 38.0 Å². The SMILES string of the molecule is CCOc1ccccc1OCC1(OCC)CCN(c2ccccc2)C1C. The minimum absolute atomic E-state index is 0.226. The Hall–Kier alpha value is -2.20. The number of hydrogen-bond acceptors (Lipinski definition) is 4. The highest BCUT2D eigenvalue weighted by Gasteiger charge is 2.46. The fourth-order valence-electron chi connectivity index (χ4n) is 3.73. The standard InChI is InChI=1S/C22H29NO3/c1-4-24-20-13-9-10-14-21(20)25-17-22(26-5-2)15-16-23(18(22)3)19-11-7-6-8-12-19/h6-14,18H,4-5,15-17H2,1-3H3. The molecule has 1 aliphatic heterocycles. The average molecular weight is 355 g/mol. The Bertz CT molecular complexity index is 691. The summed E-state index contributed by atoms with van der Waals surface area (Å²) in [7, 11) is 0. The molecule has 1 heterocycles. The van der Waals surface area contributed by atoms with Crippen molar-refractivity contribution in [3.05, 3.63) is 54.6 Å². The molecule has 0 radical (unpaired) electrons. The number of anilines is 1. The van der Waals surface area contributed by atoms with Crippen LogP contribution in [0.15, 0.2) is 54.6 Å². The summed E-state index contributed by atoms with van der Waals surface area (Å²) in [6.45, 7) is 9.02. The number of ether oxygens (including phenoxy) is 3. The molecule has 0 bridgehead atoms. The number of para-hydroxylation sites is 3. The predicted molar refractivity (Wildman–Crippen MR) is 105 cm³/mol. The second kappa shape index (κ2) is 8.45. The zero-order chi connectivity index (χ0) is 18.4. The molecule has 2 atom stereocenters. The summed E-state index contributed by atoms with van der Waals surface area (Å²) in [4.78, 5) is 2.41. The molecule has 4 heteroatoms. The summed E-state index contributed by atoms with van der Waals surface area (Å²) in [5.74, 6) is 1.56. The topological polar surface area (TPSA) is 30.9 Å². The molecule has 1 fully saturated rings. The lowest BCUT2D eigenvalue weighted by Crippen LogP contribution is -2.49. The van der Waals surface area contributed by atoms with Crippen LogP contribution in [0.3, 0.4) is 0 Å². The molecule has 2 unspecified atom stereocenters. The van der Waals surface area contributed by atoms with E-state index in [1.165, 1.54) is 5.69 Å². The first-order valence-corrected chi connectivity index (χ1v) is 9.50. The van der Waals surface area contributed by atoms with E-state index in [2.05, 4.69) is 36.1 Å². The lowest BCUT2D eigenvalue weighted by Gasteiger charge is -2.36. The average Bonchev–Trinajstić information content (AvgIpc) is 2.99. The molecule has 0 N–H and O–H groups in total. The molecule has 0 aliphatic carbocycles. The van der Waals surface area contributed by atoms with E-state index >= 15 is 0 Å². The van der Waals surface area contributed by atoms with Crippen LogP contribution in [0.25, 0.3) is 0 Å². The molecule has 1 saturated heterocycles. The molecule has 1 aliphatic rings. The van der Waals surface area contributed by atoms with Gasteiger partial charge in [-0.2, -0.15) is 0 Å². The Morgan fingerprint density at radius 1 is 0.923 bits per heavy atom. The minimum atomic E-state index is -0.329. The van der Waals surface area contributed by atoms with E-state index in [-0.39, 0.29) is 11.6 Å². The number of hydrogen-bond donors (Lipinski definition) is 0. The summed E-state index contributed by atoms with van der Waals surface area (Å²) in [6, 6.07) is 18.6. The molecule has 0 amide bonds. The van der Waals surface area contributed by atoms with Crippen LogP contribution in [0.2, 0.25) is 0 Å². The highest BCUT2D eigenvalue weighted by Crippen LogP contribution is 2.37. The van der Waals surface area contributed by atoms with Gasteiger partial charge in [0, 0.05) is 18.8 Å². The third kappa shape index (κ3) is 3.80. The molecular weight excluding hydrogens is 326 g/mol. The summed E-state index contributed by atoms with van der Waals surface area (Å²) >= 11 is 0. The third-order valence-electron chi connectivity index (χ3n) is 5.15. The monoisotopic (exact) mass is 355 g/mol. The van der Waals surface area contributed by atoms with Crippen LogP contribution in [-0.2, 0) is 4.74 Å². The first-order valence-electron chi connectivity index (χ1n) is 9.50. The zero-order valence-electron chi connectivity index (χ0n) is 16.0. The number of benzene rings is 2. The second-order valence-electron chi connectivity index (χ2n) is 6.62. The van der Waals surface area contributed by atoms with Gasteiger partial charge in [0.15, 0.2) is 11.5 Å². The van der Waals surface area contributed by atoms with Gasteiger partial charge in [-0.3, -0.25) is 0 Å². The molecule has 0 spiro atoms. The van der Waals surface area contributed by atoms with Gasteiger partial charge in [0.2, 0.25) is 0 Å². The van der Waals surface area contributed by atoms with E-state index in [4.69, 9.17) is 14.2 Å². The Balaban J connectivity index is 1.77. The summed E-state index contributed by atoms with van der Waals surface area (Å²) in [6.07, 6.45) is 0.938. The van der Waals surface area contributed by atoms with Gasteiger partial charge in [-0.1, -0.05) is 30.3 Å². The van der Waals surface area contributed by atoms with Crippen molar-refractivity contribution in [1.82, 2.24) is 0 Å². The van der Waals surface area contributed by atoms with Crippen LogP contribution in [0, 0.1) is 0 Å². The second-order valence-corrected chi connectivity index (χ2v) is 6.62.